The van der Waals surface area contributed by atoms with Crippen LogP contribution >= 0.6 is 0 Å². The number of aryl methyl sites for hydroxylation is 1. The molecule has 2 N–H and O–H groups in total. The molecular formula is C13H19N3O3. The molecule has 0 aliphatic heterocycles. The van der Waals surface area contributed by atoms with Gasteiger partial charge >= 0.3 is 5.97 Å². The highest BCUT2D eigenvalue weighted by Gasteiger charge is 2.20. The molecule has 104 valence electrons. The summed E-state index contributed by atoms with van der Waals surface area (Å²) in [6.45, 7) is 5.05. The molecule has 19 heavy (non-hydrogen) atoms. The van der Waals surface area contributed by atoms with Crippen LogP contribution in [0, 0.1) is 11.3 Å². The number of nitrogens with two attached hydrogens (primary N) is 1. The average molecular weight is 265 g/mol. The Labute approximate surface area is 112 Å². The molecule has 0 radical (unpaired) electrons. The molecule has 0 fully saturated rings. The van der Waals surface area contributed by atoms with Gasteiger partial charge in [0.2, 0.25) is 0 Å². The third kappa shape index (κ3) is 3.73. The number of nitrogen functional groups attached to an aromatic ring is 1. The van der Waals surface area contributed by atoms with Crippen LogP contribution in [-0.4, -0.2) is 30.4 Å². The van der Waals surface area contributed by atoms with Gasteiger partial charge in [-0.15, -0.1) is 0 Å². The summed E-state index contributed by atoms with van der Waals surface area (Å²) in [5.41, 5.74) is 6.44. The quantitative estimate of drug-likeness (QED) is 0.622. The number of hydrogen-bond donors (Lipinski definition) is 1. The maximum absolute atomic E-state index is 11.7. The van der Waals surface area contributed by atoms with Gasteiger partial charge in [-0.25, -0.2) is 4.79 Å². The van der Waals surface area contributed by atoms with Gasteiger partial charge in [0.15, 0.2) is 5.69 Å². The van der Waals surface area contributed by atoms with Crippen molar-refractivity contribution in [3.63, 3.8) is 0 Å². The summed E-state index contributed by atoms with van der Waals surface area (Å²) in [6, 6.07) is 1.96. The first-order valence-electron chi connectivity index (χ1n) is 6.09. The van der Waals surface area contributed by atoms with Gasteiger partial charge in [-0.1, -0.05) is 0 Å². The van der Waals surface area contributed by atoms with E-state index in [-0.39, 0.29) is 23.0 Å². The molecular weight excluding hydrogens is 246 g/mol. The molecule has 0 aliphatic carbocycles. The molecule has 0 saturated carbocycles. The van der Waals surface area contributed by atoms with E-state index < -0.39 is 5.97 Å². The molecule has 0 atom stereocenters. The minimum absolute atomic E-state index is 0.166. The summed E-state index contributed by atoms with van der Waals surface area (Å²) in [4.78, 5) is 11.7. The van der Waals surface area contributed by atoms with Crippen LogP contribution in [0.5, 0.6) is 0 Å². The van der Waals surface area contributed by atoms with Crippen LogP contribution in [-0.2, 0) is 16.0 Å². The van der Waals surface area contributed by atoms with E-state index in [0.717, 1.165) is 6.42 Å². The number of carbonyl (C=O) groups is 1. The van der Waals surface area contributed by atoms with Gasteiger partial charge in [-0.3, -0.25) is 0 Å². The number of rotatable bonds is 6. The van der Waals surface area contributed by atoms with E-state index in [1.54, 1.807) is 10.8 Å². The van der Waals surface area contributed by atoms with Gasteiger partial charge < -0.3 is 19.8 Å². The van der Waals surface area contributed by atoms with Crippen molar-refractivity contribution in [2.75, 3.05) is 19.5 Å². The van der Waals surface area contributed by atoms with Crippen molar-refractivity contribution in [3.8, 4) is 6.07 Å². The molecule has 1 aromatic heterocycles. The highest BCUT2D eigenvalue weighted by molar-refractivity contribution is 5.95. The Bertz CT molecular complexity index is 486. The maximum Gasteiger partial charge on any atom is 0.356 e. The zero-order chi connectivity index (χ0) is 14.4. The van der Waals surface area contributed by atoms with Crippen LogP contribution in [0.15, 0.2) is 6.20 Å². The molecule has 1 heterocycles. The maximum atomic E-state index is 11.7. The Balaban J connectivity index is 2.82. The SMILES string of the molecule is COC(=O)c1c(N)c(C#N)cn1CCCOC(C)C. The first-order valence-corrected chi connectivity index (χ1v) is 6.09. The molecule has 0 spiro atoms. The molecule has 0 amide bonds. The van der Waals surface area contributed by atoms with Crippen LogP contribution < -0.4 is 5.73 Å². The van der Waals surface area contributed by atoms with Crippen molar-refractivity contribution in [1.29, 1.82) is 5.26 Å². The number of carbonyl (C=O) groups excluding carboxylic acids is 1. The van der Waals surface area contributed by atoms with E-state index in [2.05, 4.69) is 4.74 Å². The Kier molecular flexibility index (Phi) is 5.39. The monoisotopic (exact) mass is 265 g/mol. The summed E-state index contributed by atoms with van der Waals surface area (Å²) in [7, 11) is 1.28. The zero-order valence-corrected chi connectivity index (χ0v) is 11.5. The fraction of sp³-hybridized carbons (Fsp3) is 0.538. The first kappa shape index (κ1) is 15.1. The molecule has 0 aromatic carbocycles. The van der Waals surface area contributed by atoms with Gasteiger partial charge in [-0.2, -0.15) is 5.26 Å². The number of nitrogens with zero attached hydrogens (tertiary/aromatic N) is 2. The van der Waals surface area contributed by atoms with Crippen molar-refractivity contribution in [3.05, 3.63) is 17.5 Å². The summed E-state index contributed by atoms with van der Waals surface area (Å²) >= 11 is 0. The number of aromatic nitrogens is 1. The molecule has 0 unspecified atom stereocenters. The van der Waals surface area contributed by atoms with E-state index in [1.165, 1.54) is 7.11 Å². The van der Waals surface area contributed by atoms with Crippen LogP contribution in [0.25, 0.3) is 0 Å². The van der Waals surface area contributed by atoms with E-state index in [9.17, 15) is 4.79 Å². The van der Waals surface area contributed by atoms with Crippen LogP contribution in [0.2, 0.25) is 0 Å². The van der Waals surface area contributed by atoms with E-state index >= 15 is 0 Å². The van der Waals surface area contributed by atoms with Gasteiger partial charge in [0, 0.05) is 19.3 Å². The van der Waals surface area contributed by atoms with E-state index in [4.69, 9.17) is 15.7 Å². The lowest BCUT2D eigenvalue weighted by atomic mass is 10.3. The second-order valence-electron chi connectivity index (χ2n) is 4.37. The minimum atomic E-state index is -0.538. The van der Waals surface area contributed by atoms with E-state index in [1.807, 2.05) is 19.9 Å². The summed E-state index contributed by atoms with van der Waals surface area (Å²) in [6.07, 6.45) is 2.46. The van der Waals surface area contributed by atoms with E-state index in [0.29, 0.717) is 13.2 Å². The molecule has 0 aliphatic rings. The Morgan fingerprint density at radius 3 is 2.79 bits per heavy atom. The molecule has 1 rings (SSSR count). The van der Waals surface area contributed by atoms with Crippen LogP contribution in [0.4, 0.5) is 5.69 Å². The topological polar surface area (TPSA) is 90.3 Å². The molecule has 6 nitrogen and oxygen atoms in total. The lowest BCUT2D eigenvalue weighted by Gasteiger charge is -2.10. The highest BCUT2D eigenvalue weighted by Crippen LogP contribution is 2.21. The average Bonchev–Trinajstić information content (AvgIpc) is 2.70. The minimum Gasteiger partial charge on any atom is -0.464 e. The summed E-state index contributed by atoms with van der Waals surface area (Å²) in [5.74, 6) is -0.538. The van der Waals surface area contributed by atoms with Gasteiger partial charge in [0.05, 0.1) is 24.5 Å². The van der Waals surface area contributed by atoms with Crippen molar-refractivity contribution in [1.82, 2.24) is 4.57 Å². The fourth-order valence-electron chi connectivity index (χ4n) is 1.72. The summed E-state index contributed by atoms with van der Waals surface area (Å²) in [5, 5.41) is 8.93. The molecule has 6 heteroatoms. The highest BCUT2D eigenvalue weighted by atomic mass is 16.5. The smallest absolute Gasteiger partial charge is 0.356 e. The standard InChI is InChI=1S/C13H19N3O3/c1-9(2)19-6-4-5-16-8-10(7-14)11(15)12(16)13(17)18-3/h8-9H,4-6,15H2,1-3H3. The van der Waals surface area contributed by atoms with Gasteiger partial charge in [-0.05, 0) is 20.3 Å². The summed E-state index contributed by atoms with van der Waals surface area (Å²) < 4.78 is 11.7. The predicted octanol–water partition coefficient (Wildman–Crippen LogP) is 1.54. The van der Waals surface area contributed by atoms with Crippen molar-refractivity contribution in [2.24, 2.45) is 0 Å². The number of ether oxygens (including phenoxy) is 2. The molecule has 0 bridgehead atoms. The first-order chi connectivity index (χ1) is 9.01. The lowest BCUT2D eigenvalue weighted by molar-refractivity contribution is 0.0582. The molecule has 0 saturated heterocycles. The second kappa shape index (κ2) is 6.81. The van der Waals surface area contributed by atoms with Gasteiger partial charge in [0.1, 0.15) is 6.07 Å². The Hall–Kier alpha value is -2.00. The third-order valence-electron chi connectivity index (χ3n) is 2.61. The van der Waals surface area contributed by atoms with Crippen molar-refractivity contribution in [2.45, 2.75) is 32.9 Å². The number of nitriles is 1. The third-order valence-corrected chi connectivity index (χ3v) is 2.61. The van der Waals surface area contributed by atoms with Crippen LogP contribution in [0.3, 0.4) is 0 Å². The predicted molar refractivity (Wildman–Crippen MR) is 70.6 cm³/mol. The van der Waals surface area contributed by atoms with Gasteiger partial charge in [0.25, 0.3) is 0 Å². The Morgan fingerprint density at radius 2 is 2.26 bits per heavy atom. The second-order valence-corrected chi connectivity index (χ2v) is 4.37. The largest absolute Gasteiger partial charge is 0.464 e. The Morgan fingerprint density at radius 1 is 1.58 bits per heavy atom. The van der Waals surface area contributed by atoms with Crippen LogP contribution in [0.1, 0.15) is 36.3 Å². The van der Waals surface area contributed by atoms with Crippen molar-refractivity contribution < 1.29 is 14.3 Å². The molecule has 1 aromatic rings. The zero-order valence-electron chi connectivity index (χ0n) is 11.5. The van der Waals surface area contributed by atoms with Crippen molar-refractivity contribution >= 4 is 11.7 Å². The number of esters is 1. The number of anilines is 1. The lowest BCUT2D eigenvalue weighted by Crippen LogP contribution is -2.14. The fourth-order valence-corrected chi connectivity index (χ4v) is 1.72. The normalized spacial score (nSPS) is 10.5. The number of hydrogen-bond acceptors (Lipinski definition) is 5. The number of methoxy groups -OCH3 is 1.